The third-order valence-electron chi connectivity index (χ3n) is 5.52. The highest BCUT2D eigenvalue weighted by molar-refractivity contribution is 14.1. The van der Waals surface area contributed by atoms with E-state index in [0.717, 1.165) is 43.0 Å². The van der Waals surface area contributed by atoms with Crippen molar-refractivity contribution < 1.29 is 17.9 Å². The van der Waals surface area contributed by atoms with Crippen LogP contribution in [0.2, 0.25) is 0 Å². The van der Waals surface area contributed by atoms with Gasteiger partial charge in [0, 0.05) is 20.2 Å². The van der Waals surface area contributed by atoms with Crippen LogP contribution in [0.15, 0.2) is 83.2 Å². The maximum atomic E-state index is 12.4. The Bertz CT molecular complexity index is 1470. The largest absolute Gasteiger partial charge is 0.573 e. The Morgan fingerprint density at radius 2 is 1.71 bits per heavy atom. The van der Waals surface area contributed by atoms with Crippen LogP contribution in [0.3, 0.4) is 0 Å². The molecule has 0 aliphatic rings. The van der Waals surface area contributed by atoms with Gasteiger partial charge >= 0.3 is 6.36 Å². The molecule has 1 aromatic heterocycles. The van der Waals surface area contributed by atoms with Crippen LogP contribution in [0.5, 0.6) is 5.75 Å². The number of alkyl halides is 5. The van der Waals surface area contributed by atoms with Crippen LogP contribution in [0.1, 0.15) is 30.0 Å². The lowest BCUT2D eigenvalue weighted by molar-refractivity contribution is -0.274. The fraction of sp³-hybridized carbons (Fsp3) is 0.214. The van der Waals surface area contributed by atoms with E-state index in [1.807, 2.05) is 24.3 Å². The molecule has 0 saturated carbocycles. The van der Waals surface area contributed by atoms with Crippen molar-refractivity contribution in [1.82, 2.24) is 20.2 Å². The molecule has 0 atom stereocenters. The molecule has 7 nitrogen and oxygen atoms in total. The second-order valence-electron chi connectivity index (χ2n) is 8.50. The van der Waals surface area contributed by atoms with E-state index in [9.17, 15) is 13.2 Å². The number of benzene rings is 3. The van der Waals surface area contributed by atoms with Crippen LogP contribution >= 0.6 is 56.9 Å². The van der Waals surface area contributed by atoms with Gasteiger partial charge in [0.1, 0.15) is 12.1 Å². The summed E-state index contributed by atoms with van der Waals surface area (Å²) < 4.78 is 44.3. The van der Waals surface area contributed by atoms with E-state index in [0.29, 0.717) is 11.5 Å². The number of ether oxygens (including phenoxy) is 1. The fourth-order valence-electron chi connectivity index (χ4n) is 3.59. The zero-order valence-corrected chi connectivity index (χ0v) is 26.9. The maximum absolute atomic E-state index is 12.4. The monoisotopic (exact) mass is 804 g/mol. The van der Waals surface area contributed by atoms with Crippen molar-refractivity contribution >= 4 is 74.0 Å². The van der Waals surface area contributed by atoms with E-state index in [4.69, 9.17) is 4.99 Å². The third kappa shape index (κ3) is 9.16. The Morgan fingerprint density at radius 3 is 2.32 bits per heavy atom. The molecule has 0 aliphatic heterocycles. The number of halogens is 5. The van der Waals surface area contributed by atoms with Gasteiger partial charge in [0.05, 0.1) is 17.6 Å². The first-order valence-electron chi connectivity index (χ1n) is 12.4. The van der Waals surface area contributed by atoms with Crippen molar-refractivity contribution in [1.29, 1.82) is 0 Å². The number of nitrogens with zero attached hydrogens (tertiary/aromatic N) is 5. The van der Waals surface area contributed by atoms with Crippen LogP contribution in [0.25, 0.3) is 17.1 Å². The molecule has 0 fully saturated rings. The van der Waals surface area contributed by atoms with Gasteiger partial charge in [-0.3, -0.25) is 5.43 Å². The van der Waals surface area contributed by atoms with Crippen LogP contribution in [0, 0.1) is 0 Å². The van der Waals surface area contributed by atoms with Gasteiger partial charge < -0.3 is 4.74 Å². The lowest BCUT2D eigenvalue weighted by atomic mass is 10.1. The molecule has 4 aromatic rings. The number of aromatic nitrogens is 3. The fourth-order valence-corrected chi connectivity index (χ4v) is 5.50. The zero-order valence-electron chi connectivity index (χ0n) is 21.8. The van der Waals surface area contributed by atoms with Gasteiger partial charge in [0.15, 0.2) is 11.0 Å². The number of nitrogens with one attached hydrogen (secondary N) is 1. The predicted molar refractivity (Wildman–Crippen MR) is 176 cm³/mol. The van der Waals surface area contributed by atoms with Crippen LogP contribution in [-0.4, -0.2) is 38.3 Å². The van der Waals surface area contributed by atoms with Gasteiger partial charge in [-0.15, -0.1) is 18.3 Å². The summed E-state index contributed by atoms with van der Waals surface area (Å²) in [6.45, 7) is 2.13. The van der Waals surface area contributed by atoms with Gasteiger partial charge in [0.2, 0.25) is 0 Å². The van der Waals surface area contributed by atoms with E-state index < -0.39 is 6.36 Å². The Morgan fingerprint density at radius 1 is 1.02 bits per heavy atom. The Labute approximate surface area is 267 Å². The number of para-hydroxylation sites is 1. The molecule has 1 N–H and O–H groups in total. The average molecular weight is 804 g/mol. The average Bonchev–Trinajstić information content (AvgIpc) is 3.46. The van der Waals surface area contributed by atoms with Crippen molar-refractivity contribution in [2.45, 2.75) is 28.6 Å². The van der Waals surface area contributed by atoms with Gasteiger partial charge in [-0.2, -0.15) is 5.10 Å². The molecular weight excluding hydrogens is 779 g/mol. The zero-order chi connectivity index (χ0) is 29.2. The summed E-state index contributed by atoms with van der Waals surface area (Å²) in [6.07, 6.45) is -0.488. The van der Waals surface area contributed by atoms with E-state index in [-0.39, 0.29) is 5.75 Å². The summed E-state index contributed by atoms with van der Waals surface area (Å²) in [7, 11) is 0. The lowest BCUT2D eigenvalue weighted by Crippen LogP contribution is -2.17. The molecule has 0 spiro atoms. The highest BCUT2D eigenvalue weighted by Gasteiger charge is 2.31. The first-order valence-corrected chi connectivity index (χ1v) is 16.4. The minimum absolute atomic E-state index is 0.300. The molecule has 0 amide bonds. The lowest BCUT2D eigenvalue weighted by Gasteiger charge is -2.10. The molecule has 41 heavy (non-hydrogen) atoms. The van der Waals surface area contributed by atoms with Crippen LogP contribution < -0.4 is 10.2 Å². The van der Waals surface area contributed by atoms with Crippen molar-refractivity contribution in [2.75, 3.05) is 5.75 Å². The molecule has 4 rings (SSSR count). The van der Waals surface area contributed by atoms with Crippen molar-refractivity contribution in [3.8, 4) is 22.8 Å². The number of hydrogen-bond acceptors (Lipinski definition) is 6. The molecular formula is C28H25F3I2N6OS. The second-order valence-corrected chi connectivity index (χ2v) is 11.1. The smallest absolute Gasteiger partial charge is 0.406 e. The van der Waals surface area contributed by atoms with Crippen molar-refractivity contribution in [3.63, 3.8) is 0 Å². The van der Waals surface area contributed by atoms with Gasteiger partial charge in [-0.25, -0.2) is 14.7 Å². The second kappa shape index (κ2) is 15.0. The van der Waals surface area contributed by atoms with Crippen molar-refractivity contribution in [3.05, 3.63) is 89.7 Å². The third-order valence-corrected chi connectivity index (χ3v) is 8.23. The number of aliphatic imine (C=N–C) groups is 1. The normalized spacial score (nSPS) is 12.2. The minimum atomic E-state index is -4.74. The molecule has 13 heteroatoms. The molecule has 0 aliphatic carbocycles. The molecule has 0 radical (unpaired) electrons. The van der Waals surface area contributed by atoms with Gasteiger partial charge in [0.25, 0.3) is 0 Å². The Balaban J connectivity index is 1.44. The Hall–Kier alpha value is -2.66. The summed E-state index contributed by atoms with van der Waals surface area (Å²) >= 11 is 6.36. The van der Waals surface area contributed by atoms with Gasteiger partial charge in [-0.1, -0.05) is 106 Å². The molecule has 0 unspecified atom stereocenters. The summed E-state index contributed by atoms with van der Waals surface area (Å²) in [5.41, 5.74) is 8.72. The topological polar surface area (TPSA) is 76.7 Å². The SMILES string of the molecule is CCCSC(=Nc1c(CI)cccc1CI)N/N=C/c1ccc(-c2ncn(-c3ccc(OC(F)(F)F)cc3)n2)cc1. The van der Waals surface area contributed by atoms with E-state index in [1.54, 1.807) is 18.0 Å². The maximum Gasteiger partial charge on any atom is 0.573 e. The molecule has 0 saturated heterocycles. The number of hydrogen-bond donors (Lipinski definition) is 1. The highest BCUT2D eigenvalue weighted by Crippen LogP contribution is 2.30. The van der Waals surface area contributed by atoms with Crippen molar-refractivity contribution in [2.24, 2.45) is 10.1 Å². The number of rotatable bonds is 10. The molecule has 0 bridgehead atoms. The summed E-state index contributed by atoms with van der Waals surface area (Å²) in [6, 6.07) is 19.3. The van der Waals surface area contributed by atoms with Gasteiger partial charge in [-0.05, 0) is 47.4 Å². The summed E-state index contributed by atoms with van der Waals surface area (Å²) in [5, 5.41) is 9.62. The minimum Gasteiger partial charge on any atom is -0.406 e. The quantitative estimate of drug-likeness (QED) is 0.0573. The standard InChI is InChI=1S/C28H25F3I2N6OS/c1-2-14-41-27(36-25-21(15-32)4-3-5-22(25)16-33)37-35-17-19-6-8-20(9-7-19)26-34-18-39(38-26)23-10-12-24(13-11-23)40-28(29,30)31/h3-13,17-18H,2,14-16H2,1H3,(H,36,37)/b35-17+. The Kier molecular flexibility index (Phi) is 11.4. The number of hydrazone groups is 1. The first-order chi connectivity index (χ1) is 19.8. The van der Waals surface area contributed by atoms with Crippen LogP contribution in [0.4, 0.5) is 18.9 Å². The first kappa shape index (κ1) is 31.3. The van der Waals surface area contributed by atoms with E-state index >= 15 is 0 Å². The van der Waals surface area contributed by atoms with E-state index in [2.05, 4.69) is 95.7 Å². The summed E-state index contributed by atoms with van der Waals surface area (Å²) in [5.74, 6) is 1.10. The number of amidine groups is 1. The highest BCUT2D eigenvalue weighted by atomic mass is 127. The molecule has 1 heterocycles. The molecule has 3 aromatic carbocycles. The van der Waals surface area contributed by atoms with Crippen LogP contribution in [-0.2, 0) is 8.86 Å². The van der Waals surface area contributed by atoms with E-state index in [1.165, 1.54) is 46.4 Å². The predicted octanol–water partition coefficient (Wildman–Crippen LogP) is 8.46. The summed E-state index contributed by atoms with van der Waals surface area (Å²) in [4.78, 5) is 9.27. The number of thioether (sulfide) groups is 1. The molecule has 214 valence electrons.